The lowest BCUT2D eigenvalue weighted by Gasteiger charge is -2.05. The smallest absolute Gasteiger partial charge is 0.259 e. The molecule has 2 rings (SSSR count). The van der Waals surface area contributed by atoms with Crippen LogP contribution in [0, 0.1) is 5.95 Å². The Labute approximate surface area is 96.0 Å². The Hall–Kier alpha value is -2.50. The Bertz CT molecular complexity index is 543. The third-order valence-electron chi connectivity index (χ3n) is 2.03. The summed E-state index contributed by atoms with van der Waals surface area (Å²) in [6, 6.07) is 3.88. The number of nitrogens with zero attached hydrogens (tertiary/aromatic N) is 2. The molecule has 0 aliphatic rings. The second-order valence-electron chi connectivity index (χ2n) is 3.22. The molecule has 86 valence electrons. The third-order valence-corrected chi connectivity index (χ3v) is 2.03. The van der Waals surface area contributed by atoms with Gasteiger partial charge in [0.25, 0.3) is 5.91 Å². The number of hydrogen-bond acceptors (Lipinski definition) is 4. The first-order chi connectivity index (χ1) is 8.16. The first kappa shape index (κ1) is 11.0. The van der Waals surface area contributed by atoms with Crippen molar-refractivity contribution >= 4 is 11.6 Å². The molecule has 2 N–H and O–H groups in total. The summed E-state index contributed by atoms with van der Waals surface area (Å²) in [5, 5.41) is 11.9. The Kier molecular flexibility index (Phi) is 2.95. The number of amides is 1. The second kappa shape index (κ2) is 4.56. The maximum atomic E-state index is 12.5. The van der Waals surface area contributed by atoms with Gasteiger partial charge in [0.2, 0.25) is 5.95 Å². The van der Waals surface area contributed by atoms with Crippen LogP contribution in [0.1, 0.15) is 10.4 Å². The van der Waals surface area contributed by atoms with E-state index in [0.29, 0.717) is 5.69 Å². The van der Waals surface area contributed by atoms with E-state index in [1.807, 2.05) is 0 Å². The van der Waals surface area contributed by atoms with Gasteiger partial charge in [-0.2, -0.15) is 4.39 Å². The van der Waals surface area contributed by atoms with Crippen molar-refractivity contribution in [3.05, 3.63) is 48.3 Å². The van der Waals surface area contributed by atoms with E-state index in [1.165, 1.54) is 24.5 Å². The fourth-order valence-corrected chi connectivity index (χ4v) is 1.23. The number of aromatic nitrogens is 2. The van der Waals surface area contributed by atoms with Crippen LogP contribution in [-0.4, -0.2) is 21.0 Å². The molecule has 0 unspecified atom stereocenters. The van der Waals surface area contributed by atoms with E-state index in [0.717, 1.165) is 12.3 Å². The fraction of sp³-hybridized carbons (Fsp3) is 0. The normalized spacial score (nSPS) is 9.94. The molecule has 2 aromatic heterocycles. The van der Waals surface area contributed by atoms with Crippen molar-refractivity contribution in [2.45, 2.75) is 0 Å². The van der Waals surface area contributed by atoms with Gasteiger partial charge in [0.05, 0.1) is 23.6 Å². The maximum absolute atomic E-state index is 12.5. The molecule has 0 saturated carbocycles. The van der Waals surface area contributed by atoms with E-state index >= 15 is 0 Å². The summed E-state index contributed by atoms with van der Waals surface area (Å²) in [6.07, 6.45) is 3.74. The van der Waals surface area contributed by atoms with Gasteiger partial charge in [-0.1, -0.05) is 0 Å². The third kappa shape index (κ3) is 2.54. The zero-order valence-corrected chi connectivity index (χ0v) is 8.59. The van der Waals surface area contributed by atoms with Crippen LogP contribution in [0.5, 0.6) is 5.75 Å². The Balaban J connectivity index is 2.17. The van der Waals surface area contributed by atoms with Gasteiger partial charge in [-0.3, -0.25) is 9.78 Å². The van der Waals surface area contributed by atoms with Crippen LogP contribution >= 0.6 is 0 Å². The van der Waals surface area contributed by atoms with E-state index in [2.05, 4.69) is 15.3 Å². The molecule has 17 heavy (non-hydrogen) atoms. The van der Waals surface area contributed by atoms with E-state index in [4.69, 9.17) is 0 Å². The molecule has 0 radical (unpaired) electrons. The van der Waals surface area contributed by atoms with Crippen molar-refractivity contribution in [3.63, 3.8) is 0 Å². The predicted octanol–water partition coefficient (Wildman–Crippen LogP) is 1.57. The van der Waals surface area contributed by atoms with Crippen molar-refractivity contribution in [3.8, 4) is 5.75 Å². The van der Waals surface area contributed by atoms with Crippen LogP contribution in [-0.2, 0) is 0 Å². The van der Waals surface area contributed by atoms with Gasteiger partial charge in [-0.25, -0.2) is 4.98 Å². The monoisotopic (exact) mass is 233 g/mol. The van der Waals surface area contributed by atoms with Gasteiger partial charge >= 0.3 is 0 Å². The number of anilines is 1. The highest BCUT2D eigenvalue weighted by Gasteiger charge is 2.10. The highest BCUT2D eigenvalue weighted by atomic mass is 19.1. The van der Waals surface area contributed by atoms with Crippen molar-refractivity contribution in [2.75, 3.05) is 5.32 Å². The molecular weight excluding hydrogens is 225 g/mol. The van der Waals surface area contributed by atoms with Gasteiger partial charge in [0.15, 0.2) is 0 Å². The molecule has 0 aliphatic carbocycles. The molecule has 0 atom stereocenters. The lowest BCUT2D eigenvalue weighted by Crippen LogP contribution is -2.12. The average molecular weight is 233 g/mol. The summed E-state index contributed by atoms with van der Waals surface area (Å²) in [5.74, 6) is -1.37. The number of rotatable bonds is 2. The van der Waals surface area contributed by atoms with Gasteiger partial charge in [0.1, 0.15) is 5.75 Å². The summed E-state index contributed by atoms with van der Waals surface area (Å²) < 4.78 is 12.5. The lowest BCUT2D eigenvalue weighted by molar-refractivity contribution is 0.102. The zero-order valence-electron chi connectivity index (χ0n) is 8.59. The number of carbonyl (C=O) groups is 1. The quantitative estimate of drug-likeness (QED) is 0.772. The minimum atomic E-state index is -0.630. The first-order valence-electron chi connectivity index (χ1n) is 4.72. The molecule has 0 fully saturated rings. The van der Waals surface area contributed by atoms with E-state index in [-0.39, 0.29) is 11.3 Å². The van der Waals surface area contributed by atoms with Gasteiger partial charge in [0, 0.05) is 6.20 Å². The largest absolute Gasteiger partial charge is 0.505 e. The zero-order chi connectivity index (χ0) is 12.3. The molecule has 0 saturated heterocycles. The molecule has 0 aliphatic heterocycles. The van der Waals surface area contributed by atoms with Crippen LogP contribution in [0.15, 0.2) is 36.8 Å². The van der Waals surface area contributed by atoms with Crippen molar-refractivity contribution in [2.24, 2.45) is 0 Å². The summed E-state index contributed by atoms with van der Waals surface area (Å²) in [7, 11) is 0. The van der Waals surface area contributed by atoms with E-state index in [9.17, 15) is 14.3 Å². The van der Waals surface area contributed by atoms with Crippen LogP contribution in [0.3, 0.4) is 0 Å². The van der Waals surface area contributed by atoms with Crippen LogP contribution in [0.2, 0.25) is 0 Å². The predicted molar refractivity (Wildman–Crippen MR) is 58.1 cm³/mol. The van der Waals surface area contributed by atoms with Crippen molar-refractivity contribution in [1.82, 2.24) is 9.97 Å². The highest BCUT2D eigenvalue weighted by molar-refractivity contribution is 6.05. The first-order valence-corrected chi connectivity index (χ1v) is 4.72. The summed E-state index contributed by atoms with van der Waals surface area (Å²) in [6.45, 7) is 0. The molecule has 2 heterocycles. The second-order valence-corrected chi connectivity index (χ2v) is 3.22. The fourth-order valence-electron chi connectivity index (χ4n) is 1.23. The molecular formula is C11H8FN3O2. The van der Waals surface area contributed by atoms with Gasteiger partial charge in [-0.15, -0.1) is 0 Å². The number of aromatic hydroxyl groups is 1. The highest BCUT2D eigenvalue weighted by Crippen LogP contribution is 2.16. The average Bonchev–Trinajstić information content (AvgIpc) is 2.32. The maximum Gasteiger partial charge on any atom is 0.259 e. The van der Waals surface area contributed by atoms with Gasteiger partial charge in [-0.05, 0) is 18.2 Å². The van der Waals surface area contributed by atoms with E-state index < -0.39 is 11.9 Å². The minimum Gasteiger partial charge on any atom is -0.505 e. The van der Waals surface area contributed by atoms with Crippen molar-refractivity contribution < 1.29 is 14.3 Å². The van der Waals surface area contributed by atoms with Crippen LogP contribution in [0.25, 0.3) is 0 Å². The number of hydrogen-bond donors (Lipinski definition) is 2. The molecule has 1 amide bonds. The number of nitrogens with one attached hydrogen (secondary N) is 1. The lowest BCUT2D eigenvalue weighted by atomic mass is 10.2. The molecule has 5 nitrogen and oxygen atoms in total. The minimum absolute atomic E-state index is 0.0873. The van der Waals surface area contributed by atoms with Crippen molar-refractivity contribution in [1.29, 1.82) is 0 Å². The Morgan fingerprint density at radius 1 is 1.29 bits per heavy atom. The van der Waals surface area contributed by atoms with Crippen LogP contribution in [0.4, 0.5) is 10.1 Å². The standard InChI is InChI=1S/C11H8FN3O2/c12-10-2-1-7(5-14-10)15-11(17)8-3-4-13-6-9(8)16/h1-6,16H,(H,15,17). The Morgan fingerprint density at radius 2 is 2.12 bits per heavy atom. The summed E-state index contributed by atoms with van der Waals surface area (Å²) in [5.41, 5.74) is 0.428. The van der Waals surface area contributed by atoms with E-state index in [1.54, 1.807) is 0 Å². The molecule has 6 heteroatoms. The molecule has 0 aromatic carbocycles. The number of pyridine rings is 2. The summed E-state index contributed by atoms with van der Waals surface area (Å²) in [4.78, 5) is 18.7. The summed E-state index contributed by atoms with van der Waals surface area (Å²) >= 11 is 0. The topological polar surface area (TPSA) is 75.1 Å². The molecule has 0 bridgehead atoms. The molecule has 2 aromatic rings. The van der Waals surface area contributed by atoms with Gasteiger partial charge < -0.3 is 10.4 Å². The van der Waals surface area contributed by atoms with Crippen LogP contribution < -0.4 is 5.32 Å². The Morgan fingerprint density at radius 3 is 2.76 bits per heavy atom. The number of carbonyl (C=O) groups excluding carboxylic acids is 1. The SMILES string of the molecule is O=C(Nc1ccc(F)nc1)c1ccncc1O. The number of halogens is 1. The molecule has 0 spiro atoms.